The maximum atomic E-state index is 13.1. The van der Waals surface area contributed by atoms with Crippen LogP contribution in [0.3, 0.4) is 0 Å². The molecule has 0 aliphatic rings. The third-order valence-electron chi connectivity index (χ3n) is 5.94. The summed E-state index contributed by atoms with van der Waals surface area (Å²) in [6.07, 6.45) is 7.74. The molecule has 2 aromatic carbocycles. The van der Waals surface area contributed by atoms with Gasteiger partial charge in [-0.25, -0.2) is 9.67 Å². The van der Waals surface area contributed by atoms with E-state index in [9.17, 15) is 4.79 Å². The number of nitrogens with one attached hydrogen (secondary N) is 1. The Balaban J connectivity index is 1.32. The van der Waals surface area contributed by atoms with Gasteiger partial charge in [0.05, 0.1) is 24.0 Å². The van der Waals surface area contributed by atoms with E-state index in [1.165, 1.54) is 5.56 Å². The molecular weight excluding hydrogens is 436 g/mol. The van der Waals surface area contributed by atoms with Crippen LogP contribution in [-0.4, -0.2) is 30.5 Å². The van der Waals surface area contributed by atoms with E-state index in [1.807, 2.05) is 60.3 Å². The lowest BCUT2D eigenvalue weighted by molar-refractivity contribution is 0.0950. The first-order valence-electron chi connectivity index (χ1n) is 11.6. The maximum absolute atomic E-state index is 13.1. The molecule has 35 heavy (non-hydrogen) atoms. The van der Waals surface area contributed by atoms with Crippen LogP contribution >= 0.6 is 0 Å². The molecule has 3 aromatic heterocycles. The topological polar surface area (TPSA) is 77.6 Å². The molecule has 7 nitrogen and oxygen atoms in total. The number of hydrogen-bond acceptors (Lipinski definition) is 4. The van der Waals surface area contributed by atoms with E-state index >= 15 is 0 Å². The fourth-order valence-electron chi connectivity index (χ4n) is 4.18. The van der Waals surface area contributed by atoms with Crippen LogP contribution in [0, 0.1) is 0 Å². The molecule has 3 heterocycles. The predicted molar refractivity (Wildman–Crippen MR) is 135 cm³/mol. The first-order valence-corrected chi connectivity index (χ1v) is 11.6. The van der Waals surface area contributed by atoms with Gasteiger partial charge >= 0.3 is 0 Å². The number of hydrogen-bond donors (Lipinski definition) is 1. The van der Waals surface area contributed by atoms with Crippen LogP contribution < -0.4 is 5.32 Å². The fraction of sp³-hybridized carbons (Fsp3) is 0.143. The molecule has 5 aromatic rings. The van der Waals surface area contributed by atoms with Crippen molar-refractivity contribution in [1.82, 2.24) is 29.9 Å². The Labute approximate surface area is 204 Å². The third-order valence-corrected chi connectivity index (χ3v) is 5.94. The third kappa shape index (κ3) is 4.89. The number of rotatable bonds is 8. The Morgan fingerprint density at radius 3 is 2.49 bits per heavy atom. The minimum atomic E-state index is -0.145. The number of carbonyl (C=O) groups is 1. The van der Waals surface area contributed by atoms with Gasteiger partial charge in [-0.3, -0.25) is 9.48 Å². The molecule has 0 saturated carbocycles. The fourth-order valence-corrected chi connectivity index (χ4v) is 4.18. The van der Waals surface area contributed by atoms with E-state index in [2.05, 4.69) is 50.8 Å². The zero-order chi connectivity index (χ0) is 24.0. The zero-order valence-electron chi connectivity index (χ0n) is 19.5. The van der Waals surface area contributed by atoms with Crippen LogP contribution in [0.2, 0.25) is 0 Å². The van der Waals surface area contributed by atoms with Gasteiger partial charge in [0.15, 0.2) is 5.82 Å². The summed E-state index contributed by atoms with van der Waals surface area (Å²) in [5.41, 5.74) is 5.84. The molecule has 0 radical (unpaired) electrons. The van der Waals surface area contributed by atoms with Crippen molar-refractivity contribution >= 4 is 5.91 Å². The lowest BCUT2D eigenvalue weighted by Gasteiger charge is -2.12. The number of aromatic nitrogens is 5. The van der Waals surface area contributed by atoms with E-state index in [1.54, 1.807) is 23.3 Å². The number of nitrogens with zero attached hydrogens (tertiary/aromatic N) is 5. The predicted octanol–water partition coefficient (Wildman–Crippen LogP) is 4.67. The summed E-state index contributed by atoms with van der Waals surface area (Å²) in [5, 5.41) is 11.8. The smallest absolute Gasteiger partial charge is 0.255 e. The van der Waals surface area contributed by atoms with Gasteiger partial charge in [0.1, 0.15) is 0 Å². The van der Waals surface area contributed by atoms with Gasteiger partial charge in [-0.2, -0.15) is 10.2 Å². The van der Waals surface area contributed by atoms with Crippen molar-refractivity contribution in [1.29, 1.82) is 0 Å². The number of carbonyl (C=O) groups excluding carboxylic acids is 1. The molecule has 0 spiro atoms. The van der Waals surface area contributed by atoms with Crippen molar-refractivity contribution in [3.63, 3.8) is 0 Å². The average molecular weight is 463 g/mol. The molecule has 5 rings (SSSR count). The highest BCUT2D eigenvalue weighted by atomic mass is 16.1. The lowest BCUT2D eigenvalue weighted by Crippen LogP contribution is -2.24. The van der Waals surface area contributed by atoms with Crippen LogP contribution in [0.25, 0.3) is 16.9 Å². The molecule has 1 N–H and O–H groups in total. The van der Waals surface area contributed by atoms with E-state index in [-0.39, 0.29) is 5.91 Å². The molecule has 0 bridgehead atoms. The van der Waals surface area contributed by atoms with Gasteiger partial charge in [-0.1, -0.05) is 61.5 Å². The van der Waals surface area contributed by atoms with Crippen LogP contribution in [-0.2, 0) is 19.5 Å². The van der Waals surface area contributed by atoms with Crippen LogP contribution in [0.4, 0.5) is 0 Å². The molecule has 0 atom stereocenters. The van der Waals surface area contributed by atoms with Crippen molar-refractivity contribution in [2.45, 2.75) is 26.4 Å². The van der Waals surface area contributed by atoms with Crippen molar-refractivity contribution in [2.24, 2.45) is 0 Å². The highest BCUT2D eigenvalue weighted by molar-refractivity contribution is 5.95. The van der Waals surface area contributed by atoms with Gasteiger partial charge in [0.25, 0.3) is 5.91 Å². The first-order chi connectivity index (χ1) is 17.2. The summed E-state index contributed by atoms with van der Waals surface area (Å²) < 4.78 is 3.63. The number of benzene rings is 2. The van der Waals surface area contributed by atoms with Gasteiger partial charge in [0.2, 0.25) is 0 Å². The summed E-state index contributed by atoms with van der Waals surface area (Å²) in [5.74, 6) is 0.554. The second-order valence-corrected chi connectivity index (χ2v) is 8.20. The minimum absolute atomic E-state index is 0.145. The summed E-state index contributed by atoms with van der Waals surface area (Å²) in [4.78, 5) is 17.5. The van der Waals surface area contributed by atoms with E-state index in [0.717, 1.165) is 28.9 Å². The Morgan fingerprint density at radius 2 is 1.74 bits per heavy atom. The molecule has 0 unspecified atom stereocenters. The van der Waals surface area contributed by atoms with Crippen molar-refractivity contribution in [3.8, 4) is 16.9 Å². The zero-order valence-corrected chi connectivity index (χ0v) is 19.5. The molecule has 0 fully saturated rings. The number of pyridine rings is 1. The molecule has 0 aliphatic carbocycles. The van der Waals surface area contributed by atoms with Crippen LogP contribution in [0.1, 0.15) is 34.1 Å². The standard InChI is InChI=1S/C28H26N6O/c1-2-26-25(19-32-34(26)27-10-5-6-15-29-27)28(35)30-18-23-8-3-4-9-24(23)22-13-11-21(12-14-22)20-33-17-7-16-31-33/h3-17,19H,2,18,20H2,1H3,(H,30,35). The molecule has 0 saturated heterocycles. The van der Waals surface area contributed by atoms with Gasteiger partial charge < -0.3 is 5.32 Å². The lowest BCUT2D eigenvalue weighted by atomic mass is 9.98. The Bertz CT molecular complexity index is 1410. The van der Waals surface area contributed by atoms with Crippen molar-refractivity contribution < 1.29 is 4.79 Å². The quantitative estimate of drug-likeness (QED) is 0.363. The second-order valence-electron chi connectivity index (χ2n) is 8.20. The monoisotopic (exact) mass is 462 g/mol. The Morgan fingerprint density at radius 1 is 0.914 bits per heavy atom. The molecule has 1 amide bonds. The summed E-state index contributed by atoms with van der Waals surface area (Å²) in [6, 6.07) is 24.2. The van der Waals surface area contributed by atoms with Crippen molar-refractivity contribution in [2.75, 3.05) is 0 Å². The molecule has 7 heteroatoms. The van der Waals surface area contributed by atoms with Gasteiger partial charge in [0, 0.05) is 25.1 Å². The summed E-state index contributed by atoms with van der Waals surface area (Å²) in [7, 11) is 0. The summed E-state index contributed by atoms with van der Waals surface area (Å²) in [6.45, 7) is 3.16. The highest BCUT2D eigenvalue weighted by Gasteiger charge is 2.18. The van der Waals surface area contributed by atoms with Gasteiger partial charge in [-0.15, -0.1) is 0 Å². The largest absolute Gasteiger partial charge is 0.348 e. The van der Waals surface area contributed by atoms with Gasteiger partial charge in [-0.05, 0) is 46.9 Å². The molecular formula is C28H26N6O. The Hall–Kier alpha value is -4.52. The number of amides is 1. The molecule has 0 aliphatic heterocycles. The van der Waals surface area contributed by atoms with E-state index < -0.39 is 0 Å². The summed E-state index contributed by atoms with van der Waals surface area (Å²) >= 11 is 0. The normalized spacial score (nSPS) is 10.9. The van der Waals surface area contributed by atoms with Crippen LogP contribution in [0.15, 0.2) is 97.6 Å². The maximum Gasteiger partial charge on any atom is 0.255 e. The van der Waals surface area contributed by atoms with Crippen LogP contribution in [0.5, 0.6) is 0 Å². The van der Waals surface area contributed by atoms with E-state index in [4.69, 9.17) is 0 Å². The first kappa shape index (κ1) is 22.3. The van der Waals surface area contributed by atoms with Crippen molar-refractivity contribution in [3.05, 3.63) is 120 Å². The van der Waals surface area contributed by atoms with E-state index in [0.29, 0.717) is 24.3 Å². The molecule has 174 valence electrons. The highest BCUT2D eigenvalue weighted by Crippen LogP contribution is 2.24. The Kier molecular flexibility index (Phi) is 6.48. The SMILES string of the molecule is CCc1c(C(=O)NCc2ccccc2-c2ccc(Cn3cccn3)cc2)cnn1-c1ccccn1. The second kappa shape index (κ2) is 10.2. The minimum Gasteiger partial charge on any atom is -0.348 e. The average Bonchev–Trinajstić information content (AvgIpc) is 3.58.